The van der Waals surface area contributed by atoms with Crippen LogP contribution in [0, 0.1) is 6.92 Å². The first kappa shape index (κ1) is 14.5. The fourth-order valence-corrected chi connectivity index (χ4v) is 3.49. The van der Waals surface area contributed by atoms with E-state index in [4.69, 9.17) is 5.73 Å². The molecule has 4 nitrogen and oxygen atoms in total. The summed E-state index contributed by atoms with van der Waals surface area (Å²) in [4.78, 5) is 2.62. The molecule has 1 heterocycles. The Labute approximate surface area is 117 Å². The van der Waals surface area contributed by atoms with Crippen LogP contribution >= 0.6 is 0 Å². The predicted octanol–water partition coefficient (Wildman–Crippen LogP) is 2.38. The number of nitrogens with zero attached hydrogens (tertiary/aromatic N) is 3. The molecule has 0 spiro atoms. The van der Waals surface area contributed by atoms with Crippen LogP contribution in [0.3, 0.4) is 0 Å². The summed E-state index contributed by atoms with van der Waals surface area (Å²) in [7, 11) is 2.00. The molecule has 1 aliphatic carbocycles. The average molecular weight is 264 g/mol. The van der Waals surface area contributed by atoms with E-state index in [1.165, 1.54) is 31.2 Å². The zero-order valence-corrected chi connectivity index (χ0v) is 12.8. The third kappa shape index (κ3) is 3.18. The van der Waals surface area contributed by atoms with Crippen molar-refractivity contribution in [3.05, 3.63) is 17.5 Å². The maximum absolute atomic E-state index is 6.02. The molecule has 4 heteroatoms. The maximum Gasteiger partial charge on any atom is 0.0641 e. The Kier molecular flexibility index (Phi) is 4.63. The Hall–Kier alpha value is -0.870. The second kappa shape index (κ2) is 6.06. The van der Waals surface area contributed by atoms with Crippen LogP contribution in [0.1, 0.15) is 56.8 Å². The van der Waals surface area contributed by atoms with E-state index in [-0.39, 0.29) is 0 Å². The lowest BCUT2D eigenvalue weighted by atomic mass is 9.89. The van der Waals surface area contributed by atoms with Gasteiger partial charge in [-0.15, -0.1) is 0 Å². The molecule has 1 aromatic rings. The average Bonchev–Trinajstić information content (AvgIpc) is 2.71. The predicted molar refractivity (Wildman–Crippen MR) is 79.0 cm³/mol. The van der Waals surface area contributed by atoms with Gasteiger partial charge < -0.3 is 5.73 Å². The standard InChI is InChI=1S/C15H28N4/c1-5-19(14-8-6-13(16)7-9-14)12(3)15-10-18(4)17-11(15)2/h10,12-14H,5-9,16H2,1-4H3. The highest BCUT2D eigenvalue weighted by molar-refractivity contribution is 5.19. The van der Waals surface area contributed by atoms with Gasteiger partial charge in [0.2, 0.25) is 0 Å². The van der Waals surface area contributed by atoms with Crippen LogP contribution in [0.25, 0.3) is 0 Å². The van der Waals surface area contributed by atoms with Gasteiger partial charge in [0.15, 0.2) is 0 Å². The number of aryl methyl sites for hydroxylation is 2. The van der Waals surface area contributed by atoms with Crippen molar-refractivity contribution in [3.8, 4) is 0 Å². The van der Waals surface area contributed by atoms with E-state index in [1.54, 1.807) is 0 Å². The Bertz CT molecular complexity index is 404. The number of rotatable bonds is 4. The number of hydrogen-bond donors (Lipinski definition) is 1. The van der Waals surface area contributed by atoms with Crippen molar-refractivity contribution in [1.82, 2.24) is 14.7 Å². The SMILES string of the molecule is CCN(C1CCC(N)CC1)C(C)c1cn(C)nc1C. The summed E-state index contributed by atoms with van der Waals surface area (Å²) in [6.07, 6.45) is 6.97. The van der Waals surface area contributed by atoms with Crippen molar-refractivity contribution in [2.24, 2.45) is 12.8 Å². The highest BCUT2D eigenvalue weighted by Gasteiger charge is 2.28. The summed E-state index contributed by atoms with van der Waals surface area (Å²) in [5.74, 6) is 0. The largest absolute Gasteiger partial charge is 0.328 e. The first-order valence-electron chi connectivity index (χ1n) is 7.54. The molecule has 0 bridgehead atoms. The van der Waals surface area contributed by atoms with Crippen LogP contribution in [0.15, 0.2) is 6.20 Å². The minimum Gasteiger partial charge on any atom is -0.328 e. The van der Waals surface area contributed by atoms with Gasteiger partial charge in [-0.05, 0) is 46.1 Å². The van der Waals surface area contributed by atoms with Crippen molar-refractivity contribution in [3.63, 3.8) is 0 Å². The lowest BCUT2D eigenvalue weighted by Crippen LogP contribution is -2.42. The molecule has 1 fully saturated rings. The molecular formula is C15H28N4. The molecular weight excluding hydrogens is 236 g/mol. The van der Waals surface area contributed by atoms with Crippen LogP contribution in [0.2, 0.25) is 0 Å². The zero-order valence-electron chi connectivity index (χ0n) is 12.8. The van der Waals surface area contributed by atoms with Crippen molar-refractivity contribution in [2.45, 2.75) is 64.6 Å². The normalized spacial score (nSPS) is 25.8. The van der Waals surface area contributed by atoms with Crippen LogP contribution in [-0.2, 0) is 7.05 Å². The first-order chi connectivity index (χ1) is 9.02. The van der Waals surface area contributed by atoms with Crippen molar-refractivity contribution in [2.75, 3.05) is 6.54 Å². The molecule has 0 aliphatic heterocycles. The molecule has 108 valence electrons. The van der Waals surface area contributed by atoms with E-state index in [9.17, 15) is 0 Å². The summed E-state index contributed by atoms with van der Waals surface area (Å²) in [6, 6.07) is 1.54. The van der Waals surface area contributed by atoms with Gasteiger partial charge in [-0.25, -0.2) is 0 Å². The molecule has 1 atom stereocenters. The minimum absolute atomic E-state index is 0.422. The molecule has 1 unspecified atom stereocenters. The van der Waals surface area contributed by atoms with E-state index in [0.29, 0.717) is 18.1 Å². The van der Waals surface area contributed by atoms with E-state index in [2.05, 4.69) is 37.0 Å². The summed E-state index contributed by atoms with van der Waals surface area (Å²) >= 11 is 0. The van der Waals surface area contributed by atoms with Crippen molar-refractivity contribution < 1.29 is 0 Å². The van der Waals surface area contributed by atoms with Gasteiger partial charge >= 0.3 is 0 Å². The molecule has 0 radical (unpaired) electrons. The van der Waals surface area contributed by atoms with Crippen LogP contribution < -0.4 is 5.73 Å². The Morgan fingerprint density at radius 1 is 1.42 bits per heavy atom. The summed E-state index contributed by atoms with van der Waals surface area (Å²) < 4.78 is 1.92. The van der Waals surface area contributed by atoms with Gasteiger partial charge in [0.05, 0.1) is 5.69 Å². The smallest absolute Gasteiger partial charge is 0.0641 e. The Morgan fingerprint density at radius 2 is 2.05 bits per heavy atom. The van der Waals surface area contributed by atoms with Crippen molar-refractivity contribution in [1.29, 1.82) is 0 Å². The summed E-state index contributed by atoms with van der Waals surface area (Å²) in [6.45, 7) is 7.77. The van der Waals surface area contributed by atoms with Gasteiger partial charge in [-0.3, -0.25) is 9.58 Å². The Balaban J connectivity index is 2.10. The second-order valence-corrected chi connectivity index (χ2v) is 5.92. The molecule has 2 N–H and O–H groups in total. The minimum atomic E-state index is 0.422. The second-order valence-electron chi connectivity index (χ2n) is 5.92. The fraction of sp³-hybridized carbons (Fsp3) is 0.800. The van der Waals surface area contributed by atoms with E-state index in [0.717, 1.165) is 12.2 Å². The van der Waals surface area contributed by atoms with Gasteiger partial charge in [0.1, 0.15) is 0 Å². The topological polar surface area (TPSA) is 47.1 Å². The lowest BCUT2D eigenvalue weighted by Gasteiger charge is -2.39. The molecule has 1 aromatic heterocycles. The van der Waals surface area contributed by atoms with Gasteiger partial charge in [0, 0.05) is 36.9 Å². The number of hydrogen-bond acceptors (Lipinski definition) is 3. The van der Waals surface area contributed by atoms with Crippen LogP contribution in [0.5, 0.6) is 0 Å². The third-order valence-corrected chi connectivity index (χ3v) is 4.57. The summed E-state index contributed by atoms with van der Waals surface area (Å²) in [5.41, 5.74) is 8.54. The monoisotopic (exact) mass is 264 g/mol. The highest BCUT2D eigenvalue weighted by atomic mass is 15.3. The van der Waals surface area contributed by atoms with E-state index in [1.807, 2.05) is 11.7 Å². The molecule has 1 saturated carbocycles. The van der Waals surface area contributed by atoms with E-state index >= 15 is 0 Å². The fourth-order valence-electron chi connectivity index (χ4n) is 3.49. The molecule has 0 amide bonds. The van der Waals surface area contributed by atoms with Crippen molar-refractivity contribution >= 4 is 0 Å². The van der Waals surface area contributed by atoms with Gasteiger partial charge in [-0.2, -0.15) is 5.10 Å². The maximum atomic E-state index is 6.02. The summed E-state index contributed by atoms with van der Waals surface area (Å²) in [5, 5.41) is 4.48. The Morgan fingerprint density at radius 3 is 2.53 bits per heavy atom. The molecule has 1 aliphatic rings. The van der Waals surface area contributed by atoms with Gasteiger partial charge in [-0.1, -0.05) is 6.92 Å². The van der Waals surface area contributed by atoms with E-state index < -0.39 is 0 Å². The third-order valence-electron chi connectivity index (χ3n) is 4.57. The molecule has 0 saturated heterocycles. The number of nitrogens with two attached hydrogens (primary N) is 1. The number of aromatic nitrogens is 2. The van der Waals surface area contributed by atoms with Crippen LogP contribution in [0.4, 0.5) is 0 Å². The molecule has 2 rings (SSSR count). The zero-order chi connectivity index (χ0) is 14.0. The van der Waals surface area contributed by atoms with Crippen LogP contribution in [-0.4, -0.2) is 33.3 Å². The highest BCUT2D eigenvalue weighted by Crippen LogP contribution is 2.30. The lowest BCUT2D eigenvalue weighted by molar-refractivity contribution is 0.114. The quantitative estimate of drug-likeness (QED) is 0.908. The first-order valence-corrected chi connectivity index (χ1v) is 7.54. The molecule has 19 heavy (non-hydrogen) atoms. The molecule has 0 aromatic carbocycles. The van der Waals surface area contributed by atoms with Gasteiger partial charge in [0.25, 0.3) is 0 Å².